The fourth-order valence-corrected chi connectivity index (χ4v) is 4.08. The van der Waals surface area contributed by atoms with Crippen molar-refractivity contribution in [3.8, 4) is 5.75 Å². The number of rotatable bonds is 13. The van der Waals surface area contributed by atoms with Crippen molar-refractivity contribution in [1.29, 1.82) is 0 Å². The van der Waals surface area contributed by atoms with Crippen molar-refractivity contribution < 1.29 is 57.1 Å². The standard InChI is InChI=1S/C26H34ClNO12/c1-14-11-18(27)8-9-19(14)35-10-6-7-21(32)28-23-25(37-13-22(33)34-5)24(38-16(3)30)20(12-36-15(2)29)40-26(23)39-17(4)31/h8-9,11,20,23-26H,6-7,10,12-13H2,1-5H3,(H,28,32)/t20-,23+,24+,25-,26-/m1/s1. The Morgan fingerprint density at radius 1 is 1.00 bits per heavy atom. The molecule has 5 atom stereocenters. The fourth-order valence-electron chi connectivity index (χ4n) is 3.86. The van der Waals surface area contributed by atoms with Gasteiger partial charge in [-0.25, -0.2) is 4.79 Å². The third kappa shape index (κ3) is 10.6. The first-order valence-electron chi connectivity index (χ1n) is 12.4. The number of amides is 1. The minimum atomic E-state index is -1.44. The van der Waals surface area contributed by atoms with E-state index in [1.165, 1.54) is 6.92 Å². The zero-order chi connectivity index (χ0) is 29.8. The van der Waals surface area contributed by atoms with Crippen LogP contribution in [0, 0.1) is 6.92 Å². The number of carbonyl (C=O) groups excluding carboxylic acids is 5. The molecule has 1 N–H and O–H groups in total. The molecule has 2 rings (SSSR count). The van der Waals surface area contributed by atoms with Crippen LogP contribution in [-0.4, -0.2) is 87.4 Å². The Hall–Kier alpha value is -3.42. The number of methoxy groups -OCH3 is 1. The van der Waals surface area contributed by atoms with E-state index in [4.69, 9.17) is 40.0 Å². The van der Waals surface area contributed by atoms with Gasteiger partial charge in [0, 0.05) is 32.2 Å². The van der Waals surface area contributed by atoms with E-state index in [2.05, 4.69) is 10.1 Å². The lowest BCUT2D eigenvalue weighted by molar-refractivity contribution is -0.274. The lowest BCUT2D eigenvalue weighted by Crippen LogP contribution is -2.66. The Labute approximate surface area is 236 Å². The zero-order valence-corrected chi connectivity index (χ0v) is 23.7. The molecular weight excluding hydrogens is 554 g/mol. The van der Waals surface area contributed by atoms with Gasteiger partial charge in [0.2, 0.25) is 12.2 Å². The van der Waals surface area contributed by atoms with Crippen LogP contribution in [0.25, 0.3) is 0 Å². The van der Waals surface area contributed by atoms with Crippen LogP contribution in [0.5, 0.6) is 5.75 Å². The van der Waals surface area contributed by atoms with Crippen LogP contribution in [0.3, 0.4) is 0 Å². The number of carbonyl (C=O) groups is 5. The number of halogens is 1. The van der Waals surface area contributed by atoms with Gasteiger partial charge < -0.3 is 38.5 Å². The van der Waals surface area contributed by atoms with E-state index in [9.17, 15) is 24.0 Å². The highest BCUT2D eigenvalue weighted by atomic mass is 35.5. The molecule has 0 saturated carbocycles. The van der Waals surface area contributed by atoms with Crippen LogP contribution in [0.4, 0.5) is 0 Å². The first-order valence-corrected chi connectivity index (χ1v) is 12.8. The second-order valence-corrected chi connectivity index (χ2v) is 9.27. The highest BCUT2D eigenvalue weighted by Gasteiger charge is 2.51. The molecule has 1 aromatic rings. The summed E-state index contributed by atoms with van der Waals surface area (Å²) in [6.07, 6.45) is -4.83. The molecule has 222 valence electrons. The number of hydrogen-bond acceptors (Lipinski definition) is 12. The number of nitrogens with one attached hydrogen (secondary N) is 1. The lowest BCUT2D eigenvalue weighted by atomic mass is 9.96. The van der Waals surface area contributed by atoms with Crippen molar-refractivity contribution in [3.05, 3.63) is 28.8 Å². The van der Waals surface area contributed by atoms with E-state index in [1.54, 1.807) is 18.2 Å². The molecule has 0 radical (unpaired) electrons. The van der Waals surface area contributed by atoms with Gasteiger partial charge in [-0.05, 0) is 37.1 Å². The molecule has 0 unspecified atom stereocenters. The summed E-state index contributed by atoms with van der Waals surface area (Å²) in [6.45, 7) is 4.50. The molecule has 1 fully saturated rings. The first kappa shape index (κ1) is 32.8. The lowest BCUT2D eigenvalue weighted by Gasteiger charge is -2.44. The molecule has 1 saturated heterocycles. The molecular formula is C26H34ClNO12. The smallest absolute Gasteiger partial charge is 0.331 e. The van der Waals surface area contributed by atoms with E-state index < -0.39 is 73.6 Å². The molecule has 13 nitrogen and oxygen atoms in total. The Balaban J connectivity index is 2.21. The molecule has 1 aliphatic rings. The monoisotopic (exact) mass is 587 g/mol. The average molecular weight is 588 g/mol. The second-order valence-electron chi connectivity index (χ2n) is 8.84. The third-order valence-electron chi connectivity index (χ3n) is 5.57. The largest absolute Gasteiger partial charge is 0.493 e. The second kappa shape index (κ2) is 16.0. The highest BCUT2D eigenvalue weighted by Crippen LogP contribution is 2.28. The summed E-state index contributed by atoms with van der Waals surface area (Å²) in [7, 11) is 1.15. The molecule has 14 heteroatoms. The minimum absolute atomic E-state index is 0.00520. The predicted octanol–water partition coefficient (Wildman–Crippen LogP) is 1.63. The van der Waals surface area contributed by atoms with Crippen LogP contribution in [0.2, 0.25) is 5.02 Å². The molecule has 0 aromatic heterocycles. The van der Waals surface area contributed by atoms with Gasteiger partial charge in [-0.1, -0.05) is 11.6 Å². The maximum Gasteiger partial charge on any atom is 0.331 e. The molecule has 0 spiro atoms. The molecule has 0 aliphatic carbocycles. The third-order valence-corrected chi connectivity index (χ3v) is 5.81. The van der Waals surface area contributed by atoms with Crippen molar-refractivity contribution in [2.24, 2.45) is 0 Å². The van der Waals surface area contributed by atoms with Gasteiger partial charge >= 0.3 is 23.9 Å². The number of benzene rings is 1. The number of aryl methyl sites for hydroxylation is 1. The highest BCUT2D eigenvalue weighted by molar-refractivity contribution is 6.30. The number of hydrogen-bond donors (Lipinski definition) is 1. The summed E-state index contributed by atoms with van der Waals surface area (Å²) < 4.78 is 37.5. The summed E-state index contributed by atoms with van der Waals surface area (Å²) in [4.78, 5) is 60.0. The van der Waals surface area contributed by atoms with Crippen molar-refractivity contribution in [1.82, 2.24) is 5.32 Å². The van der Waals surface area contributed by atoms with E-state index in [0.29, 0.717) is 17.2 Å². The van der Waals surface area contributed by atoms with Gasteiger partial charge in [-0.3, -0.25) is 19.2 Å². The van der Waals surface area contributed by atoms with E-state index in [1.807, 2.05) is 6.92 Å². The van der Waals surface area contributed by atoms with Gasteiger partial charge in [0.15, 0.2) is 6.10 Å². The Kier molecular flexibility index (Phi) is 13.1. The Morgan fingerprint density at radius 2 is 1.70 bits per heavy atom. The summed E-state index contributed by atoms with van der Waals surface area (Å²) in [5.41, 5.74) is 0.839. The topological polar surface area (TPSA) is 162 Å². The Bertz CT molecular complexity index is 1060. The first-order chi connectivity index (χ1) is 18.9. The Morgan fingerprint density at radius 3 is 2.30 bits per heavy atom. The van der Waals surface area contributed by atoms with E-state index >= 15 is 0 Å². The average Bonchev–Trinajstić information content (AvgIpc) is 2.86. The summed E-state index contributed by atoms with van der Waals surface area (Å²) in [5.74, 6) is -2.76. The van der Waals surface area contributed by atoms with Crippen molar-refractivity contribution in [2.45, 2.75) is 71.2 Å². The van der Waals surface area contributed by atoms with Gasteiger partial charge in [-0.15, -0.1) is 0 Å². The molecule has 1 aromatic carbocycles. The predicted molar refractivity (Wildman–Crippen MR) is 137 cm³/mol. The fraction of sp³-hybridized carbons (Fsp3) is 0.577. The summed E-state index contributed by atoms with van der Waals surface area (Å²) in [6, 6.07) is 3.95. The van der Waals surface area contributed by atoms with Crippen molar-refractivity contribution in [2.75, 3.05) is 26.9 Å². The van der Waals surface area contributed by atoms with E-state index in [-0.39, 0.29) is 13.0 Å². The van der Waals surface area contributed by atoms with Crippen LogP contribution < -0.4 is 10.1 Å². The summed E-state index contributed by atoms with van der Waals surface area (Å²) >= 11 is 5.96. The van der Waals surface area contributed by atoms with Crippen molar-refractivity contribution >= 4 is 41.4 Å². The maximum absolute atomic E-state index is 12.9. The van der Waals surface area contributed by atoms with Gasteiger partial charge in [0.05, 0.1) is 13.7 Å². The van der Waals surface area contributed by atoms with E-state index in [0.717, 1.165) is 26.5 Å². The van der Waals surface area contributed by atoms with Crippen LogP contribution in [0.1, 0.15) is 39.2 Å². The molecule has 1 aliphatic heterocycles. The number of esters is 4. The molecule has 40 heavy (non-hydrogen) atoms. The SMILES string of the molecule is COC(=O)CO[C@@H]1[C@H](NC(=O)CCCOc2ccc(Cl)cc2C)[C@H](OC(C)=O)O[C@H](COC(C)=O)[C@@H]1OC(C)=O. The maximum atomic E-state index is 12.9. The van der Waals surface area contributed by atoms with Crippen LogP contribution in [0.15, 0.2) is 18.2 Å². The van der Waals surface area contributed by atoms with Gasteiger partial charge in [0.1, 0.15) is 37.2 Å². The van der Waals surface area contributed by atoms with Crippen LogP contribution >= 0.6 is 11.6 Å². The summed E-state index contributed by atoms with van der Waals surface area (Å²) in [5, 5.41) is 3.26. The molecule has 0 bridgehead atoms. The zero-order valence-electron chi connectivity index (χ0n) is 22.9. The quantitative estimate of drug-likeness (QED) is 0.202. The minimum Gasteiger partial charge on any atom is -0.493 e. The van der Waals surface area contributed by atoms with Crippen LogP contribution in [-0.2, 0) is 52.4 Å². The van der Waals surface area contributed by atoms with Crippen molar-refractivity contribution in [3.63, 3.8) is 0 Å². The normalized spacial score (nSPS) is 22.0. The molecule has 1 heterocycles. The molecule has 1 amide bonds. The number of ether oxygens (including phenoxy) is 7. The van der Waals surface area contributed by atoms with Gasteiger partial charge in [0.25, 0.3) is 0 Å². The van der Waals surface area contributed by atoms with Gasteiger partial charge in [-0.2, -0.15) is 0 Å².